The first-order chi connectivity index (χ1) is 15.0. The molecule has 10 heteroatoms. The Morgan fingerprint density at radius 2 is 2.00 bits per heavy atom. The number of alkyl halides is 3. The van der Waals surface area contributed by atoms with Crippen molar-refractivity contribution in [2.75, 3.05) is 18.6 Å². The number of benzene rings is 2. The lowest BCUT2D eigenvalue weighted by molar-refractivity contribution is -0.139. The number of methoxy groups -OCH3 is 1. The van der Waals surface area contributed by atoms with Gasteiger partial charge in [0.2, 0.25) is 0 Å². The minimum absolute atomic E-state index is 0.0162. The summed E-state index contributed by atoms with van der Waals surface area (Å²) in [5.41, 5.74) is 0.430. The highest BCUT2D eigenvalue weighted by atomic mass is 35.5. The molecule has 4 nitrogen and oxygen atoms in total. The maximum atomic E-state index is 13.7. The van der Waals surface area contributed by atoms with Crippen LogP contribution >= 0.6 is 11.6 Å². The van der Waals surface area contributed by atoms with Crippen molar-refractivity contribution in [3.8, 4) is 5.75 Å². The van der Waals surface area contributed by atoms with Crippen LogP contribution in [0.25, 0.3) is 6.08 Å². The predicted octanol–water partition coefficient (Wildman–Crippen LogP) is 5.02. The average molecular weight is 490 g/mol. The molecular formula is C22H20ClF4NO3S. The molecule has 1 aliphatic rings. The summed E-state index contributed by atoms with van der Waals surface area (Å²) in [5, 5.41) is 2.36. The van der Waals surface area contributed by atoms with Crippen LogP contribution in [-0.4, -0.2) is 41.3 Å². The van der Waals surface area contributed by atoms with Crippen LogP contribution < -0.4 is 10.1 Å². The van der Waals surface area contributed by atoms with Gasteiger partial charge in [-0.2, -0.15) is 13.2 Å². The minimum atomic E-state index is -4.63. The monoisotopic (exact) mass is 489 g/mol. The van der Waals surface area contributed by atoms with Crippen molar-refractivity contribution in [3.63, 3.8) is 0 Å². The van der Waals surface area contributed by atoms with Crippen LogP contribution in [-0.2, 0) is 11.2 Å². The lowest BCUT2D eigenvalue weighted by atomic mass is 9.95. The molecule has 1 unspecified atom stereocenters. The van der Waals surface area contributed by atoms with Gasteiger partial charge in [0.05, 0.1) is 23.6 Å². The van der Waals surface area contributed by atoms with Crippen LogP contribution in [0.4, 0.5) is 17.6 Å². The molecule has 2 aromatic rings. The number of halogens is 5. The standard InChI is InChI=1S/C22H20ClF4NO3S/c1-12-7-14(9-18(23)20(12)24)17(22(25,26)27)6-4-13-3-5-16(19(8-13)31-2)21(29)28-15-10-32(30)11-15/h3-9,15,17H,10-11H2,1-2H3,(H,28,29)/b6-4+. The SMILES string of the molecule is COc1cc(/C=C/C(c2cc(C)c(F)c(Cl)c2)C(F)(F)F)ccc1C(=O)NC1C[S+]([O-])C1. The van der Waals surface area contributed by atoms with Crippen molar-refractivity contribution in [2.45, 2.75) is 25.1 Å². The van der Waals surface area contributed by atoms with Gasteiger partial charge < -0.3 is 14.6 Å². The van der Waals surface area contributed by atoms with E-state index < -0.39 is 35.0 Å². The van der Waals surface area contributed by atoms with E-state index in [1.165, 1.54) is 38.3 Å². The molecule has 1 fully saturated rings. The second kappa shape index (κ2) is 9.72. The summed E-state index contributed by atoms with van der Waals surface area (Å²) in [6, 6.07) is 6.29. The molecule has 172 valence electrons. The van der Waals surface area contributed by atoms with Crippen LogP contribution in [0, 0.1) is 12.7 Å². The Labute approximate surface area is 190 Å². The highest BCUT2D eigenvalue weighted by molar-refractivity contribution is 7.92. The van der Waals surface area contributed by atoms with Crippen LogP contribution in [0.5, 0.6) is 5.75 Å². The van der Waals surface area contributed by atoms with E-state index in [0.29, 0.717) is 17.1 Å². The van der Waals surface area contributed by atoms with Crippen molar-refractivity contribution in [2.24, 2.45) is 0 Å². The van der Waals surface area contributed by atoms with Gasteiger partial charge in [-0.1, -0.05) is 35.9 Å². The molecule has 32 heavy (non-hydrogen) atoms. The lowest BCUT2D eigenvalue weighted by Crippen LogP contribution is -2.52. The van der Waals surface area contributed by atoms with Crippen molar-refractivity contribution in [3.05, 3.63) is 69.5 Å². The second-order valence-corrected chi connectivity index (χ2v) is 9.37. The quantitative estimate of drug-likeness (QED) is 0.458. The van der Waals surface area contributed by atoms with E-state index in [-0.39, 0.29) is 33.5 Å². The van der Waals surface area contributed by atoms with Crippen molar-refractivity contribution < 1.29 is 31.6 Å². The van der Waals surface area contributed by atoms with Gasteiger partial charge in [-0.25, -0.2) is 4.39 Å². The topological polar surface area (TPSA) is 61.4 Å². The Hall–Kier alpha value is -2.23. The number of nitrogens with one attached hydrogen (secondary N) is 1. The number of allylic oxidation sites excluding steroid dienone is 1. The number of ether oxygens (including phenoxy) is 1. The van der Waals surface area contributed by atoms with Crippen LogP contribution in [0.1, 0.15) is 33.0 Å². The molecule has 0 radical (unpaired) electrons. The van der Waals surface area contributed by atoms with Gasteiger partial charge in [-0.3, -0.25) is 4.79 Å². The maximum Gasteiger partial charge on any atom is 0.399 e. The Morgan fingerprint density at radius 1 is 1.31 bits per heavy atom. The van der Waals surface area contributed by atoms with Gasteiger partial charge in [0.25, 0.3) is 5.91 Å². The number of carbonyl (C=O) groups is 1. The molecule has 0 saturated carbocycles. The molecule has 0 aliphatic carbocycles. The van der Waals surface area contributed by atoms with Gasteiger partial charge in [-0.15, -0.1) is 0 Å². The number of carbonyl (C=O) groups excluding carboxylic acids is 1. The molecule has 1 heterocycles. The zero-order valence-electron chi connectivity index (χ0n) is 17.1. The molecule has 0 bridgehead atoms. The van der Waals surface area contributed by atoms with Crippen molar-refractivity contribution in [1.82, 2.24) is 5.32 Å². The van der Waals surface area contributed by atoms with E-state index in [9.17, 15) is 26.9 Å². The summed E-state index contributed by atoms with van der Waals surface area (Å²) < 4.78 is 71.2. The number of hydrogen-bond acceptors (Lipinski definition) is 3. The summed E-state index contributed by atoms with van der Waals surface area (Å²) in [6.07, 6.45) is -2.43. The summed E-state index contributed by atoms with van der Waals surface area (Å²) in [5.74, 6) is -2.21. The van der Waals surface area contributed by atoms with E-state index >= 15 is 0 Å². The summed E-state index contributed by atoms with van der Waals surface area (Å²) in [7, 11) is 1.35. The second-order valence-electron chi connectivity index (χ2n) is 7.42. The number of rotatable bonds is 6. The van der Waals surface area contributed by atoms with Crippen molar-refractivity contribution in [1.29, 1.82) is 0 Å². The average Bonchev–Trinajstić information content (AvgIpc) is 2.69. The molecule has 3 rings (SSSR count). The third kappa shape index (κ3) is 5.57. The summed E-state index contributed by atoms with van der Waals surface area (Å²) in [6.45, 7) is 1.34. The highest BCUT2D eigenvalue weighted by Gasteiger charge is 2.39. The molecular weight excluding hydrogens is 470 g/mol. The van der Waals surface area contributed by atoms with Gasteiger partial charge >= 0.3 is 6.18 Å². The fourth-order valence-electron chi connectivity index (χ4n) is 3.29. The van der Waals surface area contributed by atoms with Gasteiger partial charge in [0.1, 0.15) is 29.1 Å². The highest BCUT2D eigenvalue weighted by Crippen LogP contribution is 2.38. The largest absolute Gasteiger partial charge is 0.616 e. The lowest BCUT2D eigenvalue weighted by Gasteiger charge is -2.29. The third-order valence-electron chi connectivity index (χ3n) is 5.00. The summed E-state index contributed by atoms with van der Waals surface area (Å²) >= 11 is 4.82. The van der Waals surface area contributed by atoms with Gasteiger partial charge in [-0.05, 0) is 53.0 Å². The molecule has 0 aromatic heterocycles. The smallest absolute Gasteiger partial charge is 0.399 e. The third-order valence-corrected chi connectivity index (χ3v) is 6.83. The Kier molecular flexibility index (Phi) is 7.42. The Bertz CT molecular complexity index is 1020. The predicted molar refractivity (Wildman–Crippen MR) is 116 cm³/mol. The fourth-order valence-corrected chi connectivity index (χ4v) is 4.54. The Balaban J connectivity index is 1.85. The first-order valence-corrected chi connectivity index (χ1v) is 11.4. The van der Waals surface area contributed by atoms with E-state index in [2.05, 4.69) is 5.32 Å². The first kappa shape index (κ1) is 24.4. The molecule has 1 saturated heterocycles. The van der Waals surface area contributed by atoms with E-state index in [4.69, 9.17) is 16.3 Å². The summed E-state index contributed by atoms with van der Waals surface area (Å²) in [4.78, 5) is 12.4. The maximum absolute atomic E-state index is 13.7. The zero-order valence-corrected chi connectivity index (χ0v) is 18.7. The first-order valence-electron chi connectivity index (χ1n) is 9.54. The van der Waals surface area contributed by atoms with Gasteiger partial charge in [0.15, 0.2) is 0 Å². The van der Waals surface area contributed by atoms with Crippen LogP contribution in [0.3, 0.4) is 0 Å². The van der Waals surface area contributed by atoms with Crippen LogP contribution in [0.2, 0.25) is 5.02 Å². The molecule has 1 N–H and O–H groups in total. The Morgan fingerprint density at radius 3 is 2.56 bits per heavy atom. The van der Waals surface area contributed by atoms with Crippen LogP contribution in [0.15, 0.2) is 36.4 Å². The van der Waals surface area contributed by atoms with E-state index in [0.717, 1.165) is 18.2 Å². The molecule has 1 atom stereocenters. The minimum Gasteiger partial charge on any atom is -0.616 e. The van der Waals surface area contributed by atoms with Crippen molar-refractivity contribution >= 4 is 34.8 Å². The number of amides is 1. The molecule has 2 aromatic carbocycles. The van der Waals surface area contributed by atoms with Gasteiger partial charge in [0, 0.05) is 0 Å². The van der Waals surface area contributed by atoms with E-state index in [1.807, 2.05) is 0 Å². The molecule has 1 amide bonds. The molecule has 1 aliphatic heterocycles. The van der Waals surface area contributed by atoms with E-state index in [1.54, 1.807) is 0 Å². The number of aryl methyl sites for hydroxylation is 1. The molecule has 0 spiro atoms. The zero-order chi connectivity index (χ0) is 23.6. The fraction of sp³-hybridized carbons (Fsp3) is 0.318. The number of hydrogen-bond donors (Lipinski definition) is 1. The normalized spacial score (nSPS) is 19.5.